The van der Waals surface area contributed by atoms with E-state index in [9.17, 15) is 25.2 Å². The Balaban J connectivity index is 0.00000400. The van der Waals surface area contributed by atoms with Crippen LogP contribution in [0.1, 0.15) is 27.2 Å². The number of carbonyl (C=O) groups is 1. The molecule has 1 saturated heterocycles. The van der Waals surface area contributed by atoms with Gasteiger partial charge in [0.05, 0.1) is 24.8 Å². The molecule has 118 valence electrons. The molecule has 1 fully saturated rings. The van der Waals surface area contributed by atoms with E-state index >= 15 is 0 Å². The van der Waals surface area contributed by atoms with E-state index in [2.05, 4.69) is 0 Å². The van der Waals surface area contributed by atoms with E-state index < -0.39 is 54.4 Å². The van der Waals surface area contributed by atoms with Crippen LogP contribution in [-0.4, -0.2) is 63.0 Å². The zero-order valence-electron chi connectivity index (χ0n) is 12.9. The average Bonchev–Trinajstić information content (AvgIpc) is 2.39. The van der Waals surface area contributed by atoms with Crippen LogP contribution in [0.3, 0.4) is 0 Å². The van der Waals surface area contributed by atoms with Gasteiger partial charge in [0.1, 0.15) is 17.8 Å². The molecule has 7 nitrogen and oxygen atoms in total. The smallest absolute Gasteiger partial charge is 0.547 e. The molecule has 0 aromatic carbocycles. The van der Waals surface area contributed by atoms with Crippen LogP contribution in [0.15, 0.2) is 0 Å². The second-order valence-corrected chi connectivity index (χ2v) is 5.79. The fraction of sp³-hybridized carbons (Fsp3) is 0.923. The number of carbonyl (C=O) groups excluding carboxylic acids is 1. The molecule has 0 spiro atoms. The summed E-state index contributed by atoms with van der Waals surface area (Å²) in [7, 11) is 0. The largest absolute Gasteiger partial charge is 1.00 e. The summed E-state index contributed by atoms with van der Waals surface area (Å²) in [4.78, 5) is 11.4. The quantitative estimate of drug-likeness (QED) is 0.373. The van der Waals surface area contributed by atoms with Crippen molar-refractivity contribution in [1.82, 2.24) is 0 Å². The molecule has 1 rings (SSSR count). The number of hydrogen-bond acceptors (Lipinski definition) is 7. The van der Waals surface area contributed by atoms with Crippen molar-refractivity contribution in [2.45, 2.75) is 57.2 Å². The molecule has 0 aromatic heterocycles. The minimum atomic E-state index is -1.73. The number of rotatable bonds is 5. The SMILES string of the molecule is CC(C)[C@]1(C(=O)[O-])C[C@@H](O)[C@@H](C)C([C@H](O)[C@H](O)CO)O1.[Na+]. The fourth-order valence-corrected chi connectivity index (χ4v) is 2.56. The maximum absolute atomic E-state index is 11.4. The number of hydrogen-bond donors (Lipinski definition) is 4. The number of aliphatic hydroxyl groups is 4. The Morgan fingerprint density at radius 3 is 2.33 bits per heavy atom. The number of carboxylic acid groups (broad SMARTS) is 1. The summed E-state index contributed by atoms with van der Waals surface area (Å²) in [6.45, 7) is 4.13. The second-order valence-electron chi connectivity index (χ2n) is 5.79. The fourth-order valence-electron chi connectivity index (χ4n) is 2.56. The Bertz CT molecular complexity index is 351. The van der Waals surface area contributed by atoms with Gasteiger partial charge in [-0.15, -0.1) is 0 Å². The van der Waals surface area contributed by atoms with Crippen LogP contribution < -0.4 is 34.7 Å². The standard InChI is InChI=1S/C13H24O7.Na/c1-6(2)13(12(18)19)4-8(15)7(3)11(20-13)10(17)9(16)5-14;/h6-11,14-17H,4-5H2,1-3H3,(H,18,19);/q;+1/p-1/t7-,8-,9-,10-,11?,13+;/m1./s1. The average molecular weight is 314 g/mol. The summed E-state index contributed by atoms with van der Waals surface area (Å²) in [5, 5.41) is 49.8. The third-order valence-corrected chi connectivity index (χ3v) is 4.18. The van der Waals surface area contributed by atoms with Crippen LogP contribution >= 0.6 is 0 Å². The van der Waals surface area contributed by atoms with Crippen molar-refractivity contribution >= 4 is 5.97 Å². The van der Waals surface area contributed by atoms with Gasteiger partial charge < -0.3 is 35.1 Å². The first-order chi connectivity index (χ1) is 9.17. The van der Waals surface area contributed by atoms with Crippen LogP contribution in [0.4, 0.5) is 0 Å². The third-order valence-electron chi connectivity index (χ3n) is 4.18. The first kappa shape index (κ1) is 21.3. The summed E-state index contributed by atoms with van der Waals surface area (Å²) in [6.07, 6.45) is -5.25. The van der Waals surface area contributed by atoms with E-state index in [1.165, 1.54) is 0 Å². The molecule has 0 aromatic rings. The van der Waals surface area contributed by atoms with Gasteiger partial charge in [-0.3, -0.25) is 0 Å². The maximum atomic E-state index is 11.4. The molecule has 1 aliphatic heterocycles. The van der Waals surface area contributed by atoms with Crippen LogP contribution in [0.5, 0.6) is 0 Å². The molecule has 8 heteroatoms. The molecule has 0 radical (unpaired) electrons. The topological polar surface area (TPSA) is 130 Å². The van der Waals surface area contributed by atoms with E-state index in [-0.39, 0.29) is 36.0 Å². The van der Waals surface area contributed by atoms with Gasteiger partial charge in [-0.2, -0.15) is 0 Å². The molecule has 0 aliphatic carbocycles. The Kier molecular flexibility index (Phi) is 8.32. The van der Waals surface area contributed by atoms with Crippen molar-refractivity contribution in [3.05, 3.63) is 0 Å². The molecule has 6 atom stereocenters. The predicted octanol–water partition coefficient (Wildman–Crippen LogP) is -5.36. The Hall–Kier alpha value is 0.270. The van der Waals surface area contributed by atoms with Crippen LogP contribution in [0.2, 0.25) is 0 Å². The van der Waals surface area contributed by atoms with Crippen LogP contribution in [-0.2, 0) is 9.53 Å². The Morgan fingerprint density at radius 1 is 1.43 bits per heavy atom. The van der Waals surface area contributed by atoms with Crippen molar-refractivity contribution in [2.24, 2.45) is 11.8 Å². The van der Waals surface area contributed by atoms with Crippen LogP contribution in [0, 0.1) is 11.8 Å². The van der Waals surface area contributed by atoms with Gasteiger partial charge >= 0.3 is 29.6 Å². The van der Waals surface area contributed by atoms with E-state index in [1.54, 1.807) is 20.8 Å². The van der Waals surface area contributed by atoms with Crippen molar-refractivity contribution in [3.63, 3.8) is 0 Å². The van der Waals surface area contributed by atoms with Crippen molar-refractivity contribution in [3.8, 4) is 0 Å². The van der Waals surface area contributed by atoms with Gasteiger partial charge in [-0.1, -0.05) is 20.8 Å². The van der Waals surface area contributed by atoms with Gasteiger partial charge in [0.15, 0.2) is 0 Å². The molecule has 21 heavy (non-hydrogen) atoms. The first-order valence-electron chi connectivity index (χ1n) is 6.71. The van der Waals surface area contributed by atoms with Crippen molar-refractivity contribution in [2.75, 3.05) is 6.61 Å². The normalized spacial score (nSPS) is 35.9. The number of carboxylic acids is 1. The number of aliphatic carboxylic acids is 1. The minimum absolute atomic E-state index is 0. The number of aliphatic hydroxyl groups excluding tert-OH is 4. The molecule has 1 aliphatic rings. The summed E-state index contributed by atoms with van der Waals surface area (Å²) >= 11 is 0. The van der Waals surface area contributed by atoms with E-state index in [0.29, 0.717) is 0 Å². The van der Waals surface area contributed by atoms with Crippen molar-refractivity contribution in [1.29, 1.82) is 0 Å². The molecule has 1 unspecified atom stereocenters. The molecule has 1 heterocycles. The van der Waals surface area contributed by atoms with Gasteiger partial charge in [0.2, 0.25) is 0 Å². The van der Waals surface area contributed by atoms with E-state index in [0.717, 1.165) is 0 Å². The summed E-state index contributed by atoms with van der Waals surface area (Å²) < 4.78 is 5.52. The molecule has 0 saturated carbocycles. The second kappa shape index (κ2) is 8.21. The maximum Gasteiger partial charge on any atom is 1.00 e. The van der Waals surface area contributed by atoms with Gasteiger partial charge in [-0.05, 0) is 5.92 Å². The summed E-state index contributed by atoms with van der Waals surface area (Å²) in [6, 6.07) is 0. The van der Waals surface area contributed by atoms with Crippen LogP contribution in [0.25, 0.3) is 0 Å². The molecular weight excluding hydrogens is 291 g/mol. The summed E-state index contributed by atoms with van der Waals surface area (Å²) in [5.41, 5.74) is -1.73. The van der Waals surface area contributed by atoms with Gasteiger partial charge in [-0.25, -0.2) is 0 Å². The third kappa shape index (κ3) is 4.17. The Morgan fingerprint density at radius 2 is 1.95 bits per heavy atom. The monoisotopic (exact) mass is 314 g/mol. The van der Waals surface area contributed by atoms with E-state index in [4.69, 9.17) is 9.84 Å². The minimum Gasteiger partial charge on any atom is -0.547 e. The molecule has 4 N–H and O–H groups in total. The molecule has 0 amide bonds. The summed E-state index contributed by atoms with van der Waals surface area (Å²) in [5.74, 6) is -2.54. The zero-order valence-corrected chi connectivity index (χ0v) is 14.9. The van der Waals surface area contributed by atoms with Gasteiger partial charge in [0, 0.05) is 12.3 Å². The molecular formula is C13H23NaO7. The van der Waals surface area contributed by atoms with Gasteiger partial charge in [0.25, 0.3) is 0 Å². The van der Waals surface area contributed by atoms with Crippen molar-refractivity contribution < 1.29 is 64.6 Å². The Labute approximate surface area is 146 Å². The number of ether oxygens (including phenoxy) is 1. The zero-order chi connectivity index (χ0) is 15.7. The predicted molar refractivity (Wildman–Crippen MR) is 66.3 cm³/mol. The molecule has 0 bridgehead atoms. The first-order valence-corrected chi connectivity index (χ1v) is 6.71. The van der Waals surface area contributed by atoms with E-state index in [1.807, 2.05) is 0 Å².